The van der Waals surface area contributed by atoms with E-state index in [0.717, 1.165) is 0 Å². The molecule has 0 heterocycles. The van der Waals surface area contributed by atoms with Gasteiger partial charge in [-0.3, -0.25) is 9.59 Å². The third kappa shape index (κ3) is 10.8. The summed E-state index contributed by atoms with van der Waals surface area (Å²) in [6, 6.07) is 0. The molecule has 0 aliphatic rings. The second kappa shape index (κ2) is 6.40. The van der Waals surface area contributed by atoms with Gasteiger partial charge in [0.2, 0.25) is 0 Å². The van der Waals surface area contributed by atoms with Gasteiger partial charge in [-0.1, -0.05) is 0 Å². The van der Waals surface area contributed by atoms with E-state index in [2.05, 4.69) is 5.32 Å². The van der Waals surface area contributed by atoms with Gasteiger partial charge in [0.05, 0.1) is 12.8 Å². The van der Waals surface area contributed by atoms with Crippen LogP contribution < -0.4 is 5.32 Å². The molecule has 0 radical (unpaired) electrons. The van der Waals surface area contributed by atoms with Crippen LogP contribution in [-0.4, -0.2) is 35.7 Å². The molecule has 2 N–H and O–H groups in total. The van der Waals surface area contributed by atoms with Crippen molar-refractivity contribution in [1.29, 1.82) is 0 Å². The number of carboxylic acids is 1. The van der Waals surface area contributed by atoms with E-state index in [0.29, 0.717) is 13.1 Å². The summed E-state index contributed by atoms with van der Waals surface area (Å²) in [7, 11) is 0. The van der Waals surface area contributed by atoms with E-state index in [9.17, 15) is 9.59 Å². The predicted octanol–water partition coefficient (Wildman–Crippen LogP) is 0.782. The SMILES string of the molecule is CC(C)(C)OC(=O)CCNCCC(=O)O. The van der Waals surface area contributed by atoms with Crippen molar-refractivity contribution in [3.63, 3.8) is 0 Å². The van der Waals surface area contributed by atoms with Crippen LogP contribution in [0, 0.1) is 0 Å². The summed E-state index contributed by atoms with van der Waals surface area (Å²) < 4.78 is 5.07. The van der Waals surface area contributed by atoms with Crippen LogP contribution >= 0.6 is 0 Å². The number of carbonyl (C=O) groups is 2. The van der Waals surface area contributed by atoms with E-state index in [1.165, 1.54) is 0 Å². The van der Waals surface area contributed by atoms with Crippen LogP contribution in [0.25, 0.3) is 0 Å². The lowest BCUT2D eigenvalue weighted by Gasteiger charge is -2.19. The molecule has 0 bridgehead atoms. The number of hydrogen-bond acceptors (Lipinski definition) is 4. The molecule has 0 aliphatic heterocycles. The topological polar surface area (TPSA) is 75.6 Å². The first-order valence-electron chi connectivity index (χ1n) is 4.95. The lowest BCUT2D eigenvalue weighted by atomic mass is 10.2. The zero-order valence-corrected chi connectivity index (χ0v) is 9.50. The molecule has 0 spiro atoms. The maximum Gasteiger partial charge on any atom is 0.307 e. The highest BCUT2D eigenvalue weighted by molar-refractivity contribution is 5.70. The van der Waals surface area contributed by atoms with Gasteiger partial charge in [-0.25, -0.2) is 0 Å². The van der Waals surface area contributed by atoms with Gasteiger partial charge in [-0.15, -0.1) is 0 Å². The molecular formula is C10H19NO4. The van der Waals surface area contributed by atoms with Crippen molar-refractivity contribution < 1.29 is 19.4 Å². The Morgan fingerprint density at radius 3 is 2.20 bits per heavy atom. The number of rotatable bonds is 6. The molecule has 5 nitrogen and oxygen atoms in total. The van der Waals surface area contributed by atoms with Crippen molar-refractivity contribution >= 4 is 11.9 Å². The molecule has 0 aromatic heterocycles. The standard InChI is InChI=1S/C10H19NO4/c1-10(2,3)15-9(14)5-7-11-6-4-8(12)13/h11H,4-7H2,1-3H3,(H,12,13). The lowest BCUT2D eigenvalue weighted by molar-refractivity contribution is -0.154. The Morgan fingerprint density at radius 1 is 1.20 bits per heavy atom. The predicted molar refractivity (Wildman–Crippen MR) is 55.6 cm³/mol. The molecule has 0 amide bonds. The number of hydrogen-bond donors (Lipinski definition) is 2. The summed E-state index contributed by atoms with van der Waals surface area (Å²) in [4.78, 5) is 21.3. The molecule has 0 saturated heterocycles. The number of carbonyl (C=O) groups excluding carboxylic acids is 1. The Hall–Kier alpha value is -1.10. The number of nitrogens with one attached hydrogen (secondary N) is 1. The molecule has 0 aromatic rings. The van der Waals surface area contributed by atoms with Crippen molar-refractivity contribution in [1.82, 2.24) is 5.32 Å². The minimum absolute atomic E-state index is 0.0638. The molecule has 0 aliphatic carbocycles. The van der Waals surface area contributed by atoms with E-state index in [4.69, 9.17) is 9.84 Å². The number of ether oxygens (including phenoxy) is 1. The smallest absolute Gasteiger partial charge is 0.307 e. The quantitative estimate of drug-likeness (QED) is 0.508. The lowest BCUT2D eigenvalue weighted by Crippen LogP contribution is -2.27. The summed E-state index contributed by atoms with van der Waals surface area (Å²) in [6.07, 6.45) is 0.325. The Bertz CT molecular complexity index is 220. The summed E-state index contributed by atoms with van der Waals surface area (Å²) in [6.45, 7) is 6.24. The zero-order chi connectivity index (χ0) is 11.9. The van der Waals surface area contributed by atoms with Gasteiger partial charge < -0.3 is 15.2 Å². The third-order valence-electron chi connectivity index (χ3n) is 1.44. The number of esters is 1. The van der Waals surface area contributed by atoms with Crippen molar-refractivity contribution in [3.05, 3.63) is 0 Å². The van der Waals surface area contributed by atoms with Crippen LogP contribution in [0.5, 0.6) is 0 Å². The summed E-state index contributed by atoms with van der Waals surface area (Å²) >= 11 is 0. The molecule has 88 valence electrons. The average molecular weight is 217 g/mol. The molecule has 15 heavy (non-hydrogen) atoms. The molecule has 0 aromatic carbocycles. The Morgan fingerprint density at radius 2 is 1.73 bits per heavy atom. The molecule has 5 heteroatoms. The van der Waals surface area contributed by atoms with Gasteiger partial charge in [0.1, 0.15) is 5.60 Å². The third-order valence-corrected chi connectivity index (χ3v) is 1.44. The van der Waals surface area contributed by atoms with Crippen molar-refractivity contribution in [2.45, 2.75) is 39.2 Å². The van der Waals surface area contributed by atoms with Crippen LogP contribution in [0.2, 0.25) is 0 Å². The first-order chi connectivity index (χ1) is 6.81. The Balaban J connectivity index is 3.44. The van der Waals surface area contributed by atoms with Crippen molar-refractivity contribution in [2.24, 2.45) is 0 Å². The fraction of sp³-hybridized carbons (Fsp3) is 0.800. The van der Waals surface area contributed by atoms with Gasteiger partial charge >= 0.3 is 11.9 Å². The van der Waals surface area contributed by atoms with E-state index in [-0.39, 0.29) is 18.8 Å². The normalized spacial score (nSPS) is 11.1. The van der Waals surface area contributed by atoms with Gasteiger partial charge in [-0.2, -0.15) is 0 Å². The number of aliphatic carboxylic acids is 1. The monoisotopic (exact) mass is 217 g/mol. The first-order valence-corrected chi connectivity index (χ1v) is 4.95. The van der Waals surface area contributed by atoms with Gasteiger partial charge in [0, 0.05) is 13.1 Å². The Labute approximate surface area is 89.8 Å². The molecule has 0 unspecified atom stereocenters. The van der Waals surface area contributed by atoms with Crippen LogP contribution in [-0.2, 0) is 14.3 Å². The maximum absolute atomic E-state index is 11.2. The van der Waals surface area contributed by atoms with E-state index < -0.39 is 11.6 Å². The number of carboxylic acid groups (broad SMARTS) is 1. The molecule has 0 rings (SSSR count). The minimum atomic E-state index is -0.847. The van der Waals surface area contributed by atoms with E-state index in [1.54, 1.807) is 0 Å². The fourth-order valence-corrected chi connectivity index (χ4v) is 0.903. The van der Waals surface area contributed by atoms with Gasteiger partial charge in [0.15, 0.2) is 0 Å². The molecule has 0 atom stereocenters. The van der Waals surface area contributed by atoms with Crippen molar-refractivity contribution in [3.8, 4) is 0 Å². The molecular weight excluding hydrogens is 198 g/mol. The highest BCUT2D eigenvalue weighted by atomic mass is 16.6. The summed E-state index contributed by atoms with van der Waals surface area (Å²) in [5.74, 6) is -1.12. The Kier molecular flexibility index (Phi) is 5.93. The second-order valence-electron chi connectivity index (χ2n) is 4.23. The largest absolute Gasteiger partial charge is 0.481 e. The summed E-state index contributed by atoms with van der Waals surface area (Å²) in [5.41, 5.74) is -0.460. The maximum atomic E-state index is 11.2. The average Bonchev–Trinajstić information content (AvgIpc) is 1.99. The molecule has 0 saturated carbocycles. The second-order valence-corrected chi connectivity index (χ2v) is 4.23. The highest BCUT2D eigenvalue weighted by Gasteiger charge is 2.15. The first kappa shape index (κ1) is 13.9. The van der Waals surface area contributed by atoms with Gasteiger partial charge in [0.25, 0.3) is 0 Å². The van der Waals surface area contributed by atoms with Crippen LogP contribution in [0.3, 0.4) is 0 Å². The van der Waals surface area contributed by atoms with Crippen molar-refractivity contribution in [2.75, 3.05) is 13.1 Å². The van der Waals surface area contributed by atoms with Crippen LogP contribution in [0.15, 0.2) is 0 Å². The van der Waals surface area contributed by atoms with Crippen LogP contribution in [0.4, 0.5) is 0 Å². The van der Waals surface area contributed by atoms with E-state index in [1.807, 2.05) is 20.8 Å². The minimum Gasteiger partial charge on any atom is -0.481 e. The molecule has 0 fully saturated rings. The highest BCUT2D eigenvalue weighted by Crippen LogP contribution is 2.07. The van der Waals surface area contributed by atoms with Gasteiger partial charge in [-0.05, 0) is 20.8 Å². The summed E-state index contributed by atoms with van der Waals surface area (Å²) in [5, 5.41) is 11.2. The van der Waals surface area contributed by atoms with E-state index >= 15 is 0 Å². The zero-order valence-electron chi connectivity index (χ0n) is 9.50. The van der Waals surface area contributed by atoms with Crippen LogP contribution in [0.1, 0.15) is 33.6 Å². The fourth-order valence-electron chi connectivity index (χ4n) is 0.903.